The summed E-state index contributed by atoms with van der Waals surface area (Å²) in [5.41, 5.74) is 1.90. The van der Waals surface area contributed by atoms with E-state index in [-0.39, 0.29) is 0 Å². The van der Waals surface area contributed by atoms with Crippen molar-refractivity contribution in [3.05, 3.63) is 76.3 Å². The van der Waals surface area contributed by atoms with Crippen LogP contribution in [0.5, 0.6) is 0 Å². The Labute approximate surface area is 142 Å². The molecule has 0 saturated carbocycles. The summed E-state index contributed by atoms with van der Waals surface area (Å²) >= 11 is 7.61. The monoisotopic (exact) mass is 343 g/mol. The van der Waals surface area contributed by atoms with Gasteiger partial charge in [-0.3, -0.25) is 4.99 Å². The zero-order valence-electron chi connectivity index (χ0n) is 12.2. The largest absolute Gasteiger partial charge is 0.463 e. The second-order valence-corrected chi connectivity index (χ2v) is 5.89. The van der Waals surface area contributed by atoms with Crippen LogP contribution in [-0.2, 0) is 0 Å². The highest BCUT2D eigenvalue weighted by Crippen LogP contribution is 2.23. The van der Waals surface area contributed by atoms with Gasteiger partial charge >= 0.3 is 0 Å². The van der Waals surface area contributed by atoms with Crippen LogP contribution in [0.1, 0.15) is 5.76 Å². The predicted molar refractivity (Wildman–Crippen MR) is 95.1 cm³/mol. The van der Waals surface area contributed by atoms with E-state index >= 15 is 0 Å². The Balaban J connectivity index is 2.09. The lowest BCUT2D eigenvalue weighted by molar-refractivity contribution is 0.559. The third kappa shape index (κ3) is 3.70. The molecular weight excluding hydrogens is 330 g/mol. The zero-order chi connectivity index (χ0) is 16.1. The summed E-state index contributed by atoms with van der Waals surface area (Å²) < 4.78 is 7.07. The van der Waals surface area contributed by atoms with E-state index in [0.717, 1.165) is 16.1 Å². The van der Waals surface area contributed by atoms with Crippen molar-refractivity contribution in [1.29, 1.82) is 0 Å². The molecule has 0 saturated heterocycles. The first kappa shape index (κ1) is 15.5. The van der Waals surface area contributed by atoms with E-state index in [9.17, 15) is 0 Å². The molecule has 6 heteroatoms. The molecule has 0 amide bonds. The van der Waals surface area contributed by atoms with Crippen molar-refractivity contribution in [2.45, 2.75) is 0 Å². The summed E-state index contributed by atoms with van der Waals surface area (Å²) in [5, 5.41) is 7.19. The van der Waals surface area contributed by atoms with Crippen LogP contribution in [0.15, 0.2) is 75.2 Å². The summed E-state index contributed by atoms with van der Waals surface area (Å²) in [6, 6.07) is 11.3. The molecule has 2 aromatic heterocycles. The smallest absolute Gasteiger partial charge is 0.206 e. The number of benzene rings is 1. The van der Waals surface area contributed by atoms with E-state index in [1.54, 1.807) is 23.2 Å². The molecule has 4 nitrogen and oxygen atoms in total. The average molecular weight is 344 g/mol. The molecule has 0 bridgehead atoms. The van der Waals surface area contributed by atoms with Crippen LogP contribution in [-0.4, -0.2) is 17.4 Å². The number of halogens is 1. The second kappa shape index (κ2) is 7.26. The quantitative estimate of drug-likeness (QED) is 0.499. The highest BCUT2D eigenvalue weighted by Gasteiger charge is 2.07. The van der Waals surface area contributed by atoms with Crippen LogP contribution in [0.3, 0.4) is 0 Å². The number of hydrogen-bond donors (Lipinski definition) is 0. The van der Waals surface area contributed by atoms with Gasteiger partial charge in [0.2, 0.25) is 4.80 Å². The van der Waals surface area contributed by atoms with Gasteiger partial charge in [0.15, 0.2) is 0 Å². The van der Waals surface area contributed by atoms with Crippen LogP contribution in [0, 0.1) is 0 Å². The first-order valence-electron chi connectivity index (χ1n) is 6.93. The van der Waals surface area contributed by atoms with Gasteiger partial charge in [-0.25, -0.2) is 4.68 Å². The molecule has 0 spiro atoms. The van der Waals surface area contributed by atoms with Gasteiger partial charge < -0.3 is 4.42 Å². The molecule has 116 valence electrons. The van der Waals surface area contributed by atoms with Gasteiger partial charge in [0, 0.05) is 16.0 Å². The normalized spacial score (nSPS) is 12.1. The van der Waals surface area contributed by atoms with Gasteiger partial charge in [0.1, 0.15) is 5.76 Å². The number of rotatable bonds is 5. The topological polar surface area (TPSA) is 42.8 Å². The maximum absolute atomic E-state index is 6.10. The van der Waals surface area contributed by atoms with E-state index in [1.807, 2.05) is 41.8 Å². The molecule has 0 radical (unpaired) electrons. The van der Waals surface area contributed by atoms with Crippen LogP contribution in [0.4, 0.5) is 0 Å². The minimum Gasteiger partial charge on any atom is -0.463 e. The SMILES string of the molecule is C=CCN=c1scc(-c2cccc(Cl)c2)n1N=Cc1ccco1. The fourth-order valence-electron chi connectivity index (χ4n) is 1.99. The summed E-state index contributed by atoms with van der Waals surface area (Å²) in [6.45, 7) is 4.23. The first-order valence-corrected chi connectivity index (χ1v) is 8.19. The molecule has 1 aromatic carbocycles. The number of furan rings is 1. The van der Waals surface area contributed by atoms with Crippen molar-refractivity contribution in [1.82, 2.24) is 4.68 Å². The molecule has 0 aliphatic rings. The van der Waals surface area contributed by atoms with Gasteiger partial charge in [0.05, 0.1) is 24.7 Å². The van der Waals surface area contributed by atoms with Crippen molar-refractivity contribution < 1.29 is 4.42 Å². The maximum Gasteiger partial charge on any atom is 0.206 e. The molecule has 0 N–H and O–H groups in total. The fraction of sp³-hybridized carbons (Fsp3) is 0.0588. The molecule has 0 aliphatic heterocycles. The number of hydrogen-bond acceptors (Lipinski definition) is 4. The Kier molecular flexibility index (Phi) is 4.90. The second-order valence-electron chi connectivity index (χ2n) is 4.62. The van der Waals surface area contributed by atoms with Gasteiger partial charge in [-0.1, -0.05) is 29.8 Å². The third-order valence-electron chi connectivity index (χ3n) is 3.01. The summed E-state index contributed by atoms with van der Waals surface area (Å²) in [4.78, 5) is 5.26. The van der Waals surface area contributed by atoms with Gasteiger partial charge in [-0.2, -0.15) is 5.10 Å². The minimum absolute atomic E-state index is 0.534. The number of thiazole rings is 1. The van der Waals surface area contributed by atoms with Crippen LogP contribution in [0.2, 0.25) is 5.02 Å². The Hall–Kier alpha value is -2.37. The van der Waals surface area contributed by atoms with Crippen molar-refractivity contribution in [3.63, 3.8) is 0 Å². The third-order valence-corrected chi connectivity index (χ3v) is 4.09. The van der Waals surface area contributed by atoms with E-state index in [2.05, 4.69) is 16.7 Å². The lowest BCUT2D eigenvalue weighted by Gasteiger charge is -2.03. The lowest BCUT2D eigenvalue weighted by Crippen LogP contribution is -2.12. The molecule has 0 unspecified atom stereocenters. The molecule has 0 fully saturated rings. The first-order chi connectivity index (χ1) is 11.3. The van der Waals surface area contributed by atoms with Gasteiger partial charge in [0.25, 0.3) is 0 Å². The van der Waals surface area contributed by atoms with Crippen molar-refractivity contribution >= 4 is 29.2 Å². The molecule has 3 aromatic rings. The minimum atomic E-state index is 0.534. The van der Waals surface area contributed by atoms with E-state index in [4.69, 9.17) is 16.0 Å². The molecule has 2 heterocycles. The van der Waals surface area contributed by atoms with E-state index in [1.165, 1.54) is 11.3 Å². The van der Waals surface area contributed by atoms with Crippen molar-refractivity contribution in [3.8, 4) is 11.3 Å². The summed E-state index contributed by atoms with van der Waals surface area (Å²) in [6.07, 6.45) is 5.02. The van der Waals surface area contributed by atoms with E-state index < -0.39 is 0 Å². The zero-order valence-corrected chi connectivity index (χ0v) is 13.8. The van der Waals surface area contributed by atoms with Crippen LogP contribution in [0.25, 0.3) is 11.3 Å². The molecule has 0 atom stereocenters. The molecule has 23 heavy (non-hydrogen) atoms. The predicted octanol–water partition coefficient (Wildman–Crippen LogP) is 4.43. The van der Waals surface area contributed by atoms with E-state index in [0.29, 0.717) is 17.3 Å². The standard InChI is InChI=1S/C17H14ClN3OS/c1-2-8-19-17-21(20-11-15-7-4-9-22-15)16(12-23-17)13-5-3-6-14(18)10-13/h2-7,9-12H,1,8H2. The number of aromatic nitrogens is 1. The highest BCUT2D eigenvalue weighted by molar-refractivity contribution is 7.07. The van der Waals surface area contributed by atoms with Gasteiger partial charge in [-0.15, -0.1) is 17.9 Å². The Morgan fingerprint density at radius 1 is 1.30 bits per heavy atom. The van der Waals surface area contributed by atoms with Crippen LogP contribution < -0.4 is 4.80 Å². The Bertz CT molecular complexity index is 891. The molecular formula is C17H14ClN3OS. The summed E-state index contributed by atoms with van der Waals surface area (Å²) in [5.74, 6) is 0.676. The maximum atomic E-state index is 6.10. The lowest BCUT2D eigenvalue weighted by atomic mass is 10.2. The van der Waals surface area contributed by atoms with Crippen molar-refractivity contribution in [2.75, 3.05) is 6.54 Å². The van der Waals surface area contributed by atoms with Gasteiger partial charge in [-0.05, 0) is 24.3 Å². The Morgan fingerprint density at radius 3 is 2.96 bits per heavy atom. The fourth-order valence-corrected chi connectivity index (χ4v) is 3.03. The van der Waals surface area contributed by atoms with Crippen LogP contribution >= 0.6 is 22.9 Å². The summed E-state index contributed by atoms with van der Waals surface area (Å²) in [7, 11) is 0. The Morgan fingerprint density at radius 2 is 2.22 bits per heavy atom. The number of nitrogens with zero attached hydrogens (tertiary/aromatic N) is 3. The molecule has 0 aliphatic carbocycles. The molecule has 3 rings (SSSR count). The average Bonchev–Trinajstić information content (AvgIpc) is 3.20. The van der Waals surface area contributed by atoms with Crippen molar-refractivity contribution in [2.24, 2.45) is 10.1 Å². The highest BCUT2D eigenvalue weighted by atomic mass is 35.5.